The van der Waals surface area contributed by atoms with Crippen molar-refractivity contribution in [3.63, 3.8) is 0 Å². The number of ketones is 1. The number of hydrogen-bond donors (Lipinski definition) is 2. The predicted octanol–water partition coefficient (Wildman–Crippen LogP) is 2.71. The molecule has 0 saturated heterocycles. The first kappa shape index (κ1) is 15.7. The first-order valence-electron chi connectivity index (χ1n) is 7.12. The van der Waals surface area contributed by atoms with E-state index in [1.165, 1.54) is 18.3 Å². The highest BCUT2D eigenvalue weighted by molar-refractivity contribution is 7.12. The second-order valence-corrected chi connectivity index (χ2v) is 6.33. The summed E-state index contributed by atoms with van der Waals surface area (Å²) in [5.74, 6) is -1.74. The van der Waals surface area contributed by atoms with Crippen LogP contribution in [0.25, 0.3) is 0 Å². The minimum Gasteiger partial charge on any atom is -0.481 e. The van der Waals surface area contributed by atoms with E-state index in [1.54, 1.807) is 11.4 Å². The van der Waals surface area contributed by atoms with E-state index < -0.39 is 11.9 Å². The Bertz CT molecular complexity index is 552. The van der Waals surface area contributed by atoms with Crippen LogP contribution < -0.4 is 5.32 Å². The van der Waals surface area contributed by atoms with Crippen LogP contribution in [0.15, 0.2) is 11.4 Å². The van der Waals surface area contributed by atoms with E-state index in [4.69, 9.17) is 0 Å². The SMILES string of the molecule is CC(=O)c1csc(C(=O)N[C@H]2CCCCC[C@H]2C(=O)O)c1. The Labute approximate surface area is 127 Å². The second kappa shape index (κ2) is 6.85. The molecule has 1 aromatic rings. The van der Waals surface area contributed by atoms with Gasteiger partial charge in [0.05, 0.1) is 10.8 Å². The molecule has 0 spiro atoms. The minimum absolute atomic E-state index is 0.0804. The number of Topliss-reactive ketones (excluding diaryl/α,β-unsaturated/α-hetero) is 1. The number of carbonyl (C=O) groups excluding carboxylic acids is 2. The fraction of sp³-hybridized carbons (Fsp3) is 0.533. The molecule has 5 nitrogen and oxygen atoms in total. The van der Waals surface area contributed by atoms with Gasteiger partial charge in [0.15, 0.2) is 5.78 Å². The van der Waals surface area contributed by atoms with E-state index in [-0.39, 0.29) is 17.7 Å². The fourth-order valence-corrected chi connectivity index (χ4v) is 3.50. The summed E-state index contributed by atoms with van der Waals surface area (Å²) in [4.78, 5) is 35.3. The Balaban J connectivity index is 2.08. The number of hydrogen-bond acceptors (Lipinski definition) is 4. The molecule has 0 aliphatic heterocycles. The van der Waals surface area contributed by atoms with E-state index in [9.17, 15) is 19.5 Å². The van der Waals surface area contributed by atoms with Gasteiger partial charge in [-0.25, -0.2) is 0 Å². The largest absolute Gasteiger partial charge is 0.481 e. The number of nitrogens with one attached hydrogen (secondary N) is 1. The lowest BCUT2D eigenvalue weighted by molar-refractivity contribution is -0.142. The molecule has 0 bridgehead atoms. The molecular formula is C15H19NO4S. The average Bonchev–Trinajstić information content (AvgIpc) is 2.81. The topological polar surface area (TPSA) is 83.5 Å². The van der Waals surface area contributed by atoms with Crippen molar-refractivity contribution in [1.82, 2.24) is 5.32 Å². The molecule has 2 rings (SSSR count). The molecule has 6 heteroatoms. The number of thiophene rings is 1. The molecule has 0 aromatic carbocycles. The summed E-state index contributed by atoms with van der Waals surface area (Å²) < 4.78 is 0. The third-order valence-electron chi connectivity index (χ3n) is 3.88. The molecule has 2 N–H and O–H groups in total. The summed E-state index contributed by atoms with van der Waals surface area (Å²) in [7, 11) is 0. The molecule has 1 amide bonds. The number of carboxylic acid groups (broad SMARTS) is 1. The molecule has 0 radical (unpaired) electrons. The fourth-order valence-electron chi connectivity index (χ4n) is 2.66. The monoisotopic (exact) mass is 309 g/mol. The summed E-state index contributed by atoms with van der Waals surface area (Å²) >= 11 is 1.21. The summed E-state index contributed by atoms with van der Waals surface area (Å²) in [6, 6.07) is 1.23. The van der Waals surface area contributed by atoms with Gasteiger partial charge in [-0.1, -0.05) is 19.3 Å². The Morgan fingerprint density at radius 2 is 1.95 bits per heavy atom. The van der Waals surface area contributed by atoms with Crippen LogP contribution in [0.4, 0.5) is 0 Å². The quantitative estimate of drug-likeness (QED) is 0.661. The van der Waals surface area contributed by atoms with Crippen molar-refractivity contribution in [1.29, 1.82) is 0 Å². The van der Waals surface area contributed by atoms with Crippen LogP contribution in [0.1, 0.15) is 59.1 Å². The third-order valence-corrected chi connectivity index (χ3v) is 4.81. The zero-order valence-corrected chi connectivity index (χ0v) is 12.7. The van der Waals surface area contributed by atoms with E-state index in [1.807, 2.05) is 0 Å². The van der Waals surface area contributed by atoms with Gasteiger partial charge in [-0.2, -0.15) is 0 Å². The van der Waals surface area contributed by atoms with Crippen LogP contribution in [0.3, 0.4) is 0 Å². The van der Waals surface area contributed by atoms with Gasteiger partial charge in [-0.15, -0.1) is 11.3 Å². The number of carboxylic acids is 1. The van der Waals surface area contributed by atoms with Crippen molar-refractivity contribution in [2.75, 3.05) is 0 Å². The van der Waals surface area contributed by atoms with Gasteiger partial charge in [-0.05, 0) is 25.8 Å². The van der Waals surface area contributed by atoms with Crippen LogP contribution in [-0.2, 0) is 4.79 Å². The van der Waals surface area contributed by atoms with Crippen LogP contribution >= 0.6 is 11.3 Å². The Morgan fingerprint density at radius 1 is 1.24 bits per heavy atom. The van der Waals surface area contributed by atoms with Crippen LogP contribution in [0.5, 0.6) is 0 Å². The van der Waals surface area contributed by atoms with E-state index in [2.05, 4.69) is 5.32 Å². The molecule has 2 atom stereocenters. The molecule has 1 aliphatic rings. The lowest BCUT2D eigenvalue weighted by Crippen LogP contribution is -2.42. The van der Waals surface area contributed by atoms with Crippen molar-refractivity contribution >= 4 is 29.0 Å². The number of aliphatic carboxylic acids is 1. The van der Waals surface area contributed by atoms with Gasteiger partial charge in [0.1, 0.15) is 0 Å². The zero-order chi connectivity index (χ0) is 15.4. The summed E-state index contributed by atoms with van der Waals surface area (Å²) in [5.41, 5.74) is 0.515. The van der Waals surface area contributed by atoms with Gasteiger partial charge >= 0.3 is 5.97 Å². The number of amides is 1. The van der Waals surface area contributed by atoms with Crippen molar-refractivity contribution in [2.24, 2.45) is 5.92 Å². The van der Waals surface area contributed by atoms with E-state index in [0.29, 0.717) is 23.3 Å². The summed E-state index contributed by atoms with van der Waals surface area (Å²) in [6.07, 6.45) is 4.11. The molecular weight excluding hydrogens is 290 g/mol. The second-order valence-electron chi connectivity index (χ2n) is 5.42. The van der Waals surface area contributed by atoms with Crippen molar-refractivity contribution in [3.05, 3.63) is 21.9 Å². The summed E-state index contributed by atoms with van der Waals surface area (Å²) in [6.45, 7) is 1.45. The predicted molar refractivity (Wildman–Crippen MR) is 79.8 cm³/mol. The van der Waals surface area contributed by atoms with Crippen LogP contribution in [0.2, 0.25) is 0 Å². The highest BCUT2D eigenvalue weighted by atomic mass is 32.1. The van der Waals surface area contributed by atoms with Crippen LogP contribution in [-0.4, -0.2) is 28.8 Å². The Kier molecular flexibility index (Phi) is 5.12. The van der Waals surface area contributed by atoms with Gasteiger partial charge < -0.3 is 10.4 Å². The molecule has 0 unspecified atom stereocenters. The highest BCUT2D eigenvalue weighted by Gasteiger charge is 2.31. The lowest BCUT2D eigenvalue weighted by atomic mass is 9.95. The Hall–Kier alpha value is -1.69. The minimum atomic E-state index is -0.849. The molecule has 1 aromatic heterocycles. The molecule has 1 fully saturated rings. The summed E-state index contributed by atoms with van der Waals surface area (Å²) in [5, 5.41) is 13.8. The maximum atomic E-state index is 12.2. The third kappa shape index (κ3) is 3.91. The van der Waals surface area contributed by atoms with Gasteiger partial charge in [0.25, 0.3) is 5.91 Å². The van der Waals surface area contributed by atoms with E-state index in [0.717, 1.165) is 19.3 Å². The molecule has 114 valence electrons. The first-order valence-corrected chi connectivity index (χ1v) is 8.00. The molecule has 1 saturated carbocycles. The average molecular weight is 309 g/mol. The van der Waals surface area contributed by atoms with Gasteiger partial charge in [-0.3, -0.25) is 14.4 Å². The highest BCUT2D eigenvalue weighted by Crippen LogP contribution is 2.25. The Morgan fingerprint density at radius 3 is 2.57 bits per heavy atom. The lowest BCUT2D eigenvalue weighted by Gasteiger charge is -2.22. The normalized spacial score (nSPS) is 22.3. The first-order chi connectivity index (χ1) is 9.99. The zero-order valence-electron chi connectivity index (χ0n) is 11.9. The molecule has 1 heterocycles. The van der Waals surface area contributed by atoms with Crippen LogP contribution in [0, 0.1) is 5.92 Å². The van der Waals surface area contributed by atoms with E-state index >= 15 is 0 Å². The maximum Gasteiger partial charge on any atom is 0.308 e. The molecule has 21 heavy (non-hydrogen) atoms. The maximum absolute atomic E-state index is 12.2. The van der Waals surface area contributed by atoms with Gasteiger partial charge in [0.2, 0.25) is 0 Å². The molecule has 1 aliphatic carbocycles. The number of rotatable bonds is 4. The number of carbonyl (C=O) groups is 3. The van der Waals surface area contributed by atoms with Crippen molar-refractivity contribution < 1.29 is 19.5 Å². The standard InChI is InChI=1S/C15H19NO4S/c1-9(17)10-7-13(21-8-10)14(18)16-12-6-4-2-3-5-11(12)15(19)20/h7-8,11-12H,2-6H2,1H3,(H,16,18)(H,19,20)/t11-,12+/m1/s1. The van der Waals surface area contributed by atoms with Crippen molar-refractivity contribution in [3.8, 4) is 0 Å². The van der Waals surface area contributed by atoms with Crippen molar-refractivity contribution in [2.45, 2.75) is 45.1 Å². The smallest absolute Gasteiger partial charge is 0.308 e. The van der Waals surface area contributed by atoms with Gasteiger partial charge in [0, 0.05) is 17.0 Å².